The minimum absolute atomic E-state index is 0.0708. The van der Waals surface area contributed by atoms with E-state index in [9.17, 15) is 39.4 Å². The standard InChI is InChI=1S/C31H47N4O11P/c1-4-5-6-7-8-9-10-11-12-19-20(14-24(38)39)31(19)18(3)17(2)13-21-27(31)32-25-28(33-30(42)34-29(25)41)35(21)15-22(36)26(40)23(37)16-46-47(43,44)45/h13,19-20,22-23,26,36-37,40H,4-12,14-16H2,1-3H3,(H,38,39)(H2,43,44,45)(H2,33,34,41,42). The number of carboxylic acids is 1. The third-order valence-electron chi connectivity index (χ3n) is 9.76. The Labute approximate surface area is 272 Å². The quantitative estimate of drug-likeness (QED) is 0.0823. The summed E-state index contributed by atoms with van der Waals surface area (Å²) >= 11 is 0. The van der Waals surface area contributed by atoms with Gasteiger partial charge >= 0.3 is 19.5 Å². The van der Waals surface area contributed by atoms with Gasteiger partial charge in [-0.15, -0.1) is 0 Å². The Morgan fingerprint density at radius 2 is 1.66 bits per heavy atom. The van der Waals surface area contributed by atoms with Gasteiger partial charge in [-0.3, -0.25) is 24.1 Å². The summed E-state index contributed by atoms with van der Waals surface area (Å²) in [5.74, 6) is -1.45. The van der Waals surface area contributed by atoms with Crippen LogP contribution in [0.15, 0.2) is 37.5 Å². The second-order valence-corrected chi connectivity index (χ2v) is 14.1. The second kappa shape index (κ2) is 15.1. The molecule has 15 nitrogen and oxygen atoms in total. The fourth-order valence-electron chi connectivity index (χ4n) is 7.33. The maximum absolute atomic E-state index is 13.1. The van der Waals surface area contributed by atoms with Crippen LogP contribution in [0.2, 0.25) is 0 Å². The van der Waals surface area contributed by atoms with E-state index in [1.807, 2.05) is 13.8 Å². The van der Waals surface area contributed by atoms with Crippen molar-refractivity contribution in [2.75, 3.05) is 18.1 Å². The molecule has 0 amide bonds. The molecule has 0 radical (unpaired) electrons. The molecule has 6 atom stereocenters. The van der Waals surface area contributed by atoms with Crippen molar-refractivity contribution >= 4 is 31.0 Å². The molecular weight excluding hydrogens is 635 g/mol. The number of phosphoric acid groups is 1. The Kier molecular flexibility index (Phi) is 11.9. The Morgan fingerprint density at radius 1 is 1.02 bits per heavy atom. The summed E-state index contributed by atoms with van der Waals surface area (Å²) in [5.41, 5.74) is -0.0886. The molecule has 6 unspecified atom stereocenters. The Bertz CT molecular complexity index is 1580. The number of hydrogen-bond donors (Lipinski definition) is 8. The zero-order valence-corrected chi connectivity index (χ0v) is 27.9. The zero-order valence-electron chi connectivity index (χ0n) is 27.0. The SMILES string of the molecule is CCCCCCCCCCC1C(CC(=O)O)C12C1=Nc3c([nH]c(=O)[nH]c3=O)N(CC(O)C(O)C(O)COP(=O)(O)O)C1=CC(C)=C2C. The Hall–Kier alpha value is -2.91. The number of anilines is 1. The van der Waals surface area contributed by atoms with E-state index in [4.69, 9.17) is 14.8 Å². The summed E-state index contributed by atoms with van der Waals surface area (Å²) in [5, 5.41) is 41.8. The first-order valence-electron chi connectivity index (χ1n) is 16.2. The molecule has 16 heteroatoms. The van der Waals surface area contributed by atoms with Crippen molar-refractivity contribution in [3.8, 4) is 0 Å². The number of aliphatic carboxylic acids is 1. The molecule has 262 valence electrons. The van der Waals surface area contributed by atoms with Crippen LogP contribution in [-0.4, -0.2) is 83.3 Å². The normalized spacial score (nSPS) is 24.0. The number of aromatic amines is 2. The van der Waals surface area contributed by atoms with Gasteiger partial charge in [-0.25, -0.2) is 14.4 Å². The second-order valence-electron chi connectivity index (χ2n) is 12.9. The number of unbranched alkanes of at least 4 members (excludes halogenated alkanes) is 7. The summed E-state index contributed by atoms with van der Waals surface area (Å²) in [4.78, 5) is 66.3. The van der Waals surface area contributed by atoms with Crippen LogP contribution < -0.4 is 16.1 Å². The number of nitrogens with zero attached hydrogens (tertiary/aromatic N) is 2. The first-order valence-corrected chi connectivity index (χ1v) is 17.8. The Morgan fingerprint density at radius 3 is 2.28 bits per heavy atom. The molecule has 0 bridgehead atoms. The molecule has 1 saturated carbocycles. The largest absolute Gasteiger partial charge is 0.481 e. The highest BCUT2D eigenvalue weighted by atomic mass is 31.2. The molecule has 1 aliphatic heterocycles. The van der Waals surface area contributed by atoms with Gasteiger partial charge in [0.05, 0.1) is 24.6 Å². The van der Waals surface area contributed by atoms with E-state index < -0.39 is 61.9 Å². The van der Waals surface area contributed by atoms with Gasteiger partial charge in [-0.1, -0.05) is 63.9 Å². The molecule has 1 aromatic rings. The van der Waals surface area contributed by atoms with E-state index in [1.54, 1.807) is 6.08 Å². The highest BCUT2D eigenvalue weighted by Crippen LogP contribution is 2.70. The molecule has 47 heavy (non-hydrogen) atoms. The van der Waals surface area contributed by atoms with Crippen LogP contribution in [0.4, 0.5) is 11.5 Å². The lowest BCUT2D eigenvalue weighted by molar-refractivity contribution is -0.137. The maximum atomic E-state index is 13.1. The van der Waals surface area contributed by atoms with Crippen LogP contribution in [0.1, 0.15) is 85.0 Å². The Balaban J connectivity index is 1.68. The first-order chi connectivity index (χ1) is 22.1. The molecule has 1 fully saturated rings. The summed E-state index contributed by atoms with van der Waals surface area (Å²) in [6, 6.07) is 0. The number of fused-ring (bicyclic) bond motifs is 3. The van der Waals surface area contributed by atoms with E-state index >= 15 is 0 Å². The number of aliphatic hydroxyl groups excluding tert-OH is 3. The third kappa shape index (κ3) is 8.05. The van der Waals surface area contributed by atoms with E-state index in [1.165, 1.54) is 30.6 Å². The lowest BCUT2D eigenvalue weighted by Crippen LogP contribution is -2.49. The molecule has 0 aromatic carbocycles. The van der Waals surface area contributed by atoms with Crippen molar-refractivity contribution in [3.63, 3.8) is 0 Å². The minimum atomic E-state index is -4.97. The van der Waals surface area contributed by atoms with Gasteiger partial charge in [0, 0.05) is 11.8 Å². The molecule has 1 aromatic heterocycles. The number of carbonyl (C=O) groups is 1. The fraction of sp³-hybridized carbons (Fsp3) is 0.677. The number of β-amino-alcohol motifs (C(OH)–C–C–N with tert-alkyl or cyclic N) is 1. The fourth-order valence-corrected chi connectivity index (χ4v) is 7.68. The summed E-state index contributed by atoms with van der Waals surface area (Å²) < 4.78 is 15.3. The number of allylic oxidation sites excluding steroid dienone is 4. The first kappa shape index (κ1) is 36.9. The van der Waals surface area contributed by atoms with Crippen molar-refractivity contribution in [2.24, 2.45) is 22.2 Å². The molecule has 8 N–H and O–H groups in total. The highest BCUT2D eigenvalue weighted by molar-refractivity contribution is 7.46. The molecular formula is C31H47N4O11P. The van der Waals surface area contributed by atoms with E-state index in [-0.39, 0.29) is 29.8 Å². The van der Waals surface area contributed by atoms with Crippen LogP contribution in [0.3, 0.4) is 0 Å². The molecule has 0 saturated heterocycles. The number of H-pyrrole nitrogens is 2. The van der Waals surface area contributed by atoms with Gasteiger partial charge in [0.25, 0.3) is 5.56 Å². The predicted molar refractivity (Wildman–Crippen MR) is 173 cm³/mol. The molecule has 2 heterocycles. The van der Waals surface area contributed by atoms with Gasteiger partial charge in [0.15, 0.2) is 5.69 Å². The topological polar surface area (TPSA) is 246 Å². The highest BCUT2D eigenvalue weighted by Gasteiger charge is 2.70. The lowest BCUT2D eigenvalue weighted by Gasteiger charge is -2.40. The number of phosphoric ester groups is 1. The third-order valence-corrected chi connectivity index (χ3v) is 10.2. The maximum Gasteiger partial charge on any atom is 0.469 e. The van der Waals surface area contributed by atoms with Crippen molar-refractivity contribution in [1.82, 2.24) is 9.97 Å². The molecule has 4 rings (SSSR count). The average molecular weight is 683 g/mol. The smallest absolute Gasteiger partial charge is 0.469 e. The number of aromatic nitrogens is 2. The summed E-state index contributed by atoms with van der Waals surface area (Å²) in [6.45, 7) is 4.51. The predicted octanol–water partition coefficient (Wildman–Crippen LogP) is 2.62. The number of aliphatic imine (C=N–C) groups is 1. The molecule has 2 aliphatic carbocycles. The number of hydrogen-bond acceptors (Lipinski definition) is 10. The number of carboxylic acid groups (broad SMARTS) is 1. The van der Waals surface area contributed by atoms with E-state index in [0.717, 1.165) is 43.3 Å². The van der Waals surface area contributed by atoms with Crippen molar-refractivity contribution in [1.29, 1.82) is 0 Å². The van der Waals surface area contributed by atoms with Gasteiger partial charge in [0.2, 0.25) is 0 Å². The molecule has 1 spiro atoms. The number of nitrogens with one attached hydrogen (secondary N) is 2. The van der Waals surface area contributed by atoms with Gasteiger partial charge < -0.3 is 35.1 Å². The van der Waals surface area contributed by atoms with Crippen molar-refractivity contribution in [3.05, 3.63) is 43.8 Å². The van der Waals surface area contributed by atoms with E-state index in [0.29, 0.717) is 11.4 Å². The summed E-state index contributed by atoms with van der Waals surface area (Å²) in [7, 11) is -4.97. The number of aliphatic hydroxyl groups is 3. The van der Waals surface area contributed by atoms with Crippen molar-refractivity contribution < 1.29 is 44.1 Å². The van der Waals surface area contributed by atoms with Crippen LogP contribution in [0, 0.1) is 17.3 Å². The average Bonchev–Trinajstić information content (AvgIpc) is 3.60. The van der Waals surface area contributed by atoms with Crippen molar-refractivity contribution in [2.45, 2.75) is 103 Å². The van der Waals surface area contributed by atoms with Gasteiger partial charge in [-0.2, -0.15) is 0 Å². The van der Waals surface area contributed by atoms with Crippen LogP contribution in [0.25, 0.3) is 0 Å². The monoisotopic (exact) mass is 682 g/mol. The van der Waals surface area contributed by atoms with Gasteiger partial charge in [-0.05, 0) is 43.8 Å². The van der Waals surface area contributed by atoms with Crippen LogP contribution >= 0.6 is 7.82 Å². The van der Waals surface area contributed by atoms with Crippen LogP contribution in [0.5, 0.6) is 0 Å². The zero-order chi connectivity index (χ0) is 34.7. The minimum Gasteiger partial charge on any atom is -0.481 e. The lowest BCUT2D eigenvalue weighted by atomic mass is 9.77. The van der Waals surface area contributed by atoms with Gasteiger partial charge in [0.1, 0.15) is 24.1 Å². The van der Waals surface area contributed by atoms with Crippen LogP contribution in [-0.2, 0) is 13.9 Å². The molecule has 3 aliphatic rings. The number of rotatable bonds is 18. The summed E-state index contributed by atoms with van der Waals surface area (Å²) in [6.07, 6.45) is 5.70. The van der Waals surface area contributed by atoms with E-state index in [2.05, 4.69) is 21.4 Å².